The van der Waals surface area contributed by atoms with Crippen molar-refractivity contribution in [1.82, 2.24) is 15.0 Å². The van der Waals surface area contributed by atoms with Gasteiger partial charge in [0.2, 0.25) is 5.88 Å². The van der Waals surface area contributed by atoms with Crippen LogP contribution in [0.2, 0.25) is 0 Å². The molecule has 0 spiro atoms. The number of nitrogens with one attached hydrogen (secondary N) is 1. The van der Waals surface area contributed by atoms with E-state index >= 15 is 0 Å². The minimum atomic E-state index is 0.458. The summed E-state index contributed by atoms with van der Waals surface area (Å²) in [4.78, 5) is 12.3. The molecule has 2 heterocycles. The second-order valence-electron chi connectivity index (χ2n) is 3.46. The zero-order chi connectivity index (χ0) is 11.9. The van der Waals surface area contributed by atoms with Crippen molar-refractivity contribution in [3.63, 3.8) is 0 Å². The number of pyridine rings is 1. The molecule has 0 fully saturated rings. The summed E-state index contributed by atoms with van der Waals surface area (Å²) in [5.74, 6) is 1.82. The molecule has 2 aromatic rings. The van der Waals surface area contributed by atoms with Crippen molar-refractivity contribution in [3.05, 3.63) is 36.9 Å². The predicted octanol–water partition coefficient (Wildman–Crippen LogP) is 2.49. The van der Waals surface area contributed by atoms with Crippen LogP contribution in [0.5, 0.6) is 11.6 Å². The molecule has 0 aliphatic heterocycles. The standard InChI is InChI=1S/C12H14N4O/c1-2-5-15-11-8-14-9-12(16-11)17-10-4-3-6-13-7-10/h3-4,6-9H,2,5H2,1H3,(H,15,16). The molecule has 0 aliphatic rings. The molecule has 5 nitrogen and oxygen atoms in total. The van der Waals surface area contributed by atoms with Crippen LogP contribution in [-0.2, 0) is 0 Å². The Bertz CT molecular complexity index is 461. The monoisotopic (exact) mass is 230 g/mol. The Labute approximate surface area is 99.9 Å². The lowest BCUT2D eigenvalue weighted by Crippen LogP contribution is -2.02. The minimum Gasteiger partial charge on any atom is -0.436 e. The van der Waals surface area contributed by atoms with E-state index in [1.807, 2.05) is 12.1 Å². The van der Waals surface area contributed by atoms with E-state index in [1.54, 1.807) is 24.8 Å². The van der Waals surface area contributed by atoms with Gasteiger partial charge in [-0.15, -0.1) is 0 Å². The van der Waals surface area contributed by atoms with Gasteiger partial charge in [-0.1, -0.05) is 6.92 Å². The van der Waals surface area contributed by atoms with E-state index < -0.39 is 0 Å². The topological polar surface area (TPSA) is 59.9 Å². The molecule has 2 aromatic heterocycles. The second kappa shape index (κ2) is 5.79. The fourth-order valence-electron chi connectivity index (χ4n) is 1.26. The van der Waals surface area contributed by atoms with Crippen LogP contribution in [0.1, 0.15) is 13.3 Å². The maximum absolute atomic E-state index is 5.52. The van der Waals surface area contributed by atoms with Gasteiger partial charge in [0.05, 0.1) is 18.6 Å². The van der Waals surface area contributed by atoms with Gasteiger partial charge < -0.3 is 10.1 Å². The van der Waals surface area contributed by atoms with Gasteiger partial charge >= 0.3 is 0 Å². The number of anilines is 1. The second-order valence-corrected chi connectivity index (χ2v) is 3.46. The van der Waals surface area contributed by atoms with E-state index in [1.165, 1.54) is 0 Å². The van der Waals surface area contributed by atoms with Gasteiger partial charge in [0.15, 0.2) is 0 Å². The van der Waals surface area contributed by atoms with E-state index in [9.17, 15) is 0 Å². The molecule has 0 amide bonds. The van der Waals surface area contributed by atoms with Crippen LogP contribution in [-0.4, -0.2) is 21.5 Å². The van der Waals surface area contributed by atoms with Crippen LogP contribution in [0.15, 0.2) is 36.9 Å². The molecule has 0 saturated carbocycles. The zero-order valence-corrected chi connectivity index (χ0v) is 9.63. The van der Waals surface area contributed by atoms with Crippen LogP contribution >= 0.6 is 0 Å². The number of aromatic nitrogens is 3. The number of ether oxygens (including phenoxy) is 1. The van der Waals surface area contributed by atoms with E-state index in [4.69, 9.17) is 4.74 Å². The first kappa shape index (κ1) is 11.3. The molecule has 1 N–H and O–H groups in total. The van der Waals surface area contributed by atoms with Gasteiger partial charge in [-0.2, -0.15) is 4.98 Å². The Balaban J connectivity index is 2.06. The Hall–Kier alpha value is -2.17. The summed E-state index contributed by atoms with van der Waals surface area (Å²) in [5, 5.41) is 3.15. The van der Waals surface area contributed by atoms with Gasteiger partial charge in [-0.05, 0) is 18.6 Å². The highest BCUT2D eigenvalue weighted by Crippen LogP contribution is 2.17. The van der Waals surface area contributed by atoms with E-state index in [0.717, 1.165) is 13.0 Å². The quantitative estimate of drug-likeness (QED) is 0.855. The zero-order valence-electron chi connectivity index (χ0n) is 9.63. The van der Waals surface area contributed by atoms with Gasteiger partial charge in [-0.25, -0.2) is 0 Å². The van der Waals surface area contributed by atoms with Gasteiger partial charge in [0.1, 0.15) is 11.6 Å². The highest BCUT2D eigenvalue weighted by molar-refractivity contribution is 5.34. The molecule has 17 heavy (non-hydrogen) atoms. The van der Waals surface area contributed by atoms with Crippen molar-refractivity contribution in [2.45, 2.75) is 13.3 Å². The van der Waals surface area contributed by atoms with Crippen LogP contribution in [0.4, 0.5) is 5.82 Å². The normalized spacial score (nSPS) is 9.94. The Kier molecular flexibility index (Phi) is 3.85. The molecular weight excluding hydrogens is 216 g/mol. The van der Waals surface area contributed by atoms with Crippen molar-refractivity contribution in [3.8, 4) is 11.6 Å². The number of nitrogens with zero attached hydrogens (tertiary/aromatic N) is 3. The Morgan fingerprint density at radius 3 is 2.94 bits per heavy atom. The largest absolute Gasteiger partial charge is 0.436 e. The molecule has 2 rings (SSSR count). The maximum Gasteiger partial charge on any atom is 0.239 e. The number of hydrogen-bond donors (Lipinski definition) is 1. The summed E-state index contributed by atoms with van der Waals surface area (Å²) in [7, 11) is 0. The lowest BCUT2D eigenvalue weighted by atomic mass is 10.4. The van der Waals surface area contributed by atoms with Crippen LogP contribution in [0.25, 0.3) is 0 Å². The third kappa shape index (κ3) is 3.41. The van der Waals surface area contributed by atoms with E-state index in [2.05, 4.69) is 27.2 Å². The highest BCUT2D eigenvalue weighted by atomic mass is 16.5. The van der Waals surface area contributed by atoms with E-state index in [-0.39, 0.29) is 0 Å². The highest BCUT2D eigenvalue weighted by Gasteiger charge is 2.00. The molecule has 0 saturated heterocycles. The van der Waals surface area contributed by atoms with Crippen LogP contribution < -0.4 is 10.1 Å². The fraction of sp³-hybridized carbons (Fsp3) is 0.250. The smallest absolute Gasteiger partial charge is 0.239 e. The average molecular weight is 230 g/mol. The van der Waals surface area contributed by atoms with Crippen LogP contribution in [0.3, 0.4) is 0 Å². The van der Waals surface area contributed by atoms with Crippen LogP contribution in [0, 0.1) is 0 Å². The summed E-state index contributed by atoms with van der Waals surface area (Å²) >= 11 is 0. The molecule has 88 valence electrons. The summed E-state index contributed by atoms with van der Waals surface area (Å²) in [5.41, 5.74) is 0. The summed E-state index contributed by atoms with van der Waals surface area (Å²) in [6.45, 7) is 2.96. The number of hydrogen-bond acceptors (Lipinski definition) is 5. The third-order valence-corrected chi connectivity index (χ3v) is 2.03. The average Bonchev–Trinajstić information content (AvgIpc) is 2.38. The fourth-order valence-corrected chi connectivity index (χ4v) is 1.26. The Morgan fingerprint density at radius 2 is 2.18 bits per heavy atom. The first-order valence-corrected chi connectivity index (χ1v) is 5.52. The third-order valence-electron chi connectivity index (χ3n) is 2.03. The molecular formula is C12H14N4O. The molecule has 0 unspecified atom stereocenters. The van der Waals surface area contributed by atoms with Crippen molar-refractivity contribution in [1.29, 1.82) is 0 Å². The molecule has 0 bridgehead atoms. The van der Waals surface area contributed by atoms with E-state index in [0.29, 0.717) is 17.4 Å². The minimum absolute atomic E-state index is 0.458. The van der Waals surface area contributed by atoms with Crippen molar-refractivity contribution < 1.29 is 4.74 Å². The summed E-state index contributed by atoms with van der Waals surface area (Å²) in [6.07, 6.45) is 7.61. The summed E-state index contributed by atoms with van der Waals surface area (Å²) in [6, 6.07) is 3.63. The molecule has 5 heteroatoms. The lowest BCUT2D eigenvalue weighted by Gasteiger charge is -2.06. The van der Waals surface area contributed by atoms with Crippen molar-refractivity contribution in [2.75, 3.05) is 11.9 Å². The Morgan fingerprint density at radius 1 is 1.24 bits per heavy atom. The maximum atomic E-state index is 5.52. The molecule has 0 radical (unpaired) electrons. The molecule has 0 atom stereocenters. The summed E-state index contributed by atoms with van der Waals surface area (Å²) < 4.78 is 5.52. The first-order chi connectivity index (χ1) is 8.38. The molecule has 0 aromatic carbocycles. The van der Waals surface area contributed by atoms with Crippen molar-refractivity contribution >= 4 is 5.82 Å². The van der Waals surface area contributed by atoms with Gasteiger partial charge in [0, 0.05) is 12.7 Å². The van der Waals surface area contributed by atoms with Gasteiger partial charge in [0.25, 0.3) is 0 Å². The molecule has 0 aliphatic carbocycles. The lowest BCUT2D eigenvalue weighted by molar-refractivity contribution is 0.458. The predicted molar refractivity (Wildman–Crippen MR) is 65.1 cm³/mol. The number of rotatable bonds is 5. The van der Waals surface area contributed by atoms with Gasteiger partial charge in [-0.3, -0.25) is 9.97 Å². The van der Waals surface area contributed by atoms with Crippen molar-refractivity contribution in [2.24, 2.45) is 0 Å². The SMILES string of the molecule is CCCNc1cncc(Oc2cccnc2)n1. The first-order valence-electron chi connectivity index (χ1n) is 5.52.